The minimum atomic E-state index is -1.06. The van der Waals surface area contributed by atoms with Crippen LogP contribution in [0.25, 0.3) is 11.2 Å². The molecule has 0 radical (unpaired) electrons. The molecule has 1 aliphatic carbocycles. The second kappa shape index (κ2) is 10.8. The van der Waals surface area contributed by atoms with Gasteiger partial charge < -0.3 is 30.2 Å². The molecule has 2 aliphatic rings. The molecule has 1 fully saturated rings. The lowest BCUT2D eigenvalue weighted by molar-refractivity contribution is -0.123. The van der Waals surface area contributed by atoms with Gasteiger partial charge in [-0.05, 0) is 32.3 Å². The van der Waals surface area contributed by atoms with Gasteiger partial charge in [-0.2, -0.15) is 0 Å². The molecule has 216 valence electrons. The number of aromatic amines is 1. The van der Waals surface area contributed by atoms with Crippen molar-refractivity contribution in [3.63, 3.8) is 0 Å². The summed E-state index contributed by atoms with van der Waals surface area (Å²) in [5.74, 6) is -1.70. The summed E-state index contributed by atoms with van der Waals surface area (Å²) >= 11 is 0. The van der Waals surface area contributed by atoms with Crippen molar-refractivity contribution >= 4 is 28.9 Å². The SMILES string of the molecule is CC(C)N1CCn2c(CNC(=O)[C@H](NC(=O)c3c[nH]c4ncc(C5CC5)nc34)c3ccccc3)cc(=O)c(O)c2C1=O. The maximum absolute atomic E-state index is 13.6. The lowest BCUT2D eigenvalue weighted by Crippen LogP contribution is -2.46. The van der Waals surface area contributed by atoms with Crippen LogP contribution in [0.2, 0.25) is 0 Å². The number of carbonyl (C=O) groups excluding carboxylic acids is 3. The largest absolute Gasteiger partial charge is 0.503 e. The summed E-state index contributed by atoms with van der Waals surface area (Å²) in [6.45, 7) is 4.37. The van der Waals surface area contributed by atoms with Gasteiger partial charge in [0.1, 0.15) is 11.6 Å². The quantitative estimate of drug-likeness (QED) is 0.253. The van der Waals surface area contributed by atoms with E-state index in [2.05, 4.69) is 25.6 Å². The molecule has 3 aromatic heterocycles. The van der Waals surface area contributed by atoms with Gasteiger partial charge >= 0.3 is 0 Å². The molecule has 3 amide bonds. The van der Waals surface area contributed by atoms with Gasteiger partial charge in [-0.25, -0.2) is 9.97 Å². The molecule has 6 rings (SSSR count). The first-order valence-corrected chi connectivity index (χ1v) is 14.0. The number of nitrogens with one attached hydrogen (secondary N) is 3. The molecular formula is C30H31N7O5. The zero-order chi connectivity index (χ0) is 29.5. The maximum atomic E-state index is 13.6. The second-order valence-electron chi connectivity index (χ2n) is 10.9. The summed E-state index contributed by atoms with van der Waals surface area (Å²) in [6.07, 6.45) is 5.34. The summed E-state index contributed by atoms with van der Waals surface area (Å²) in [5, 5.41) is 16.1. The van der Waals surface area contributed by atoms with Gasteiger partial charge in [0.2, 0.25) is 11.3 Å². The van der Waals surface area contributed by atoms with Crippen LogP contribution in [0, 0.1) is 0 Å². The summed E-state index contributed by atoms with van der Waals surface area (Å²) in [4.78, 5) is 66.3. The molecule has 12 nitrogen and oxygen atoms in total. The molecule has 4 aromatic rings. The number of fused-ring (bicyclic) bond motifs is 2. The third-order valence-electron chi connectivity index (χ3n) is 7.78. The molecule has 0 unspecified atom stereocenters. The van der Waals surface area contributed by atoms with Gasteiger partial charge in [-0.15, -0.1) is 0 Å². The summed E-state index contributed by atoms with van der Waals surface area (Å²) < 4.78 is 1.57. The Morgan fingerprint density at radius 3 is 2.62 bits per heavy atom. The second-order valence-corrected chi connectivity index (χ2v) is 10.9. The van der Waals surface area contributed by atoms with Crippen molar-refractivity contribution in [1.82, 2.24) is 35.1 Å². The standard InChI is InChI=1S/C30H31N7O5/c1-16(2)36-10-11-37-19(12-22(38)26(39)25(37)30(36)42)13-33-29(41)23(18-6-4-3-5-7-18)35-28(40)20-14-31-27-24(20)34-21(15-32-27)17-8-9-17/h3-7,12,14-17,23,39H,8-11,13H2,1-2H3,(H,31,32)(H,33,41)(H,35,40)/t23-/m1/s1. The van der Waals surface area contributed by atoms with Gasteiger partial charge in [0.05, 0.1) is 24.0 Å². The highest BCUT2D eigenvalue weighted by Gasteiger charge is 2.32. The predicted octanol–water partition coefficient (Wildman–Crippen LogP) is 2.35. The fourth-order valence-corrected chi connectivity index (χ4v) is 5.33. The Labute approximate surface area is 240 Å². The molecule has 4 heterocycles. The molecule has 12 heteroatoms. The summed E-state index contributed by atoms with van der Waals surface area (Å²) in [6, 6.07) is 8.85. The van der Waals surface area contributed by atoms with Gasteiger partial charge in [-0.1, -0.05) is 30.3 Å². The fraction of sp³-hybridized carbons (Fsp3) is 0.333. The van der Waals surface area contributed by atoms with Crippen LogP contribution in [0.1, 0.15) is 76.4 Å². The number of pyridine rings is 1. The lowest BCUT2D eigenvalue weighted by Gasteiger charge is -2.34. The predicted molar refractivity (Wildman–Crippen MR) is 153 cm³/mol. The number of aromatic hydroxyl groups is 1. The van der Waals surface area contributed by atoms with Crippen LogP contribution in [0.4, 0.5) is 0 Å². The number of carbonyl (C=O) groups is 3. The smallest absolute Gasteiger partial charge is 0.274 e. The highest BCUT2D eigenvalue weighted by molar-refractivity contribution is 6.06. The average molecular weight is 570 g/mol. The van der Waals surface area contributed by atoms with E-state index in [-0.39, 0.29) is 23.8 Å². The molecular weight excluding hydrogens is 538 g/mol. The average Bonchev–Trinajstić information content (AvgIpc) is 3.75. The van der Waals surface area contributed by atoms with Gasteiger partial charge in [0.25, 0.3) is 11.8 Å². The Morgan fingerprint density at radius 2 is 1.90 bits per heavy atom. The van der Waals surface area contributed by atoms with Crippen molar-refractivity contribution in [3.05, 3.63) is 87.2 Å². The van der Waals surface area contributed by atoms with E-state index in [9.17, 15) is 24.3 Å². The molecule has 1 aliphatic heterocycles. The first kappa shape index (κ1) is 27.2. The maximum Gasteiger partial charge on any atom is 0.274 e. The van der Waals surface area contributed by atoms with Crippen LogP contribution in [0.5, 0.6) is 5.75 Å². The number of benzene rings is 1. The molecule has 1 saturated carbocycles. The molecule has 4 N–H and O–H groups in total. The molecule has 1 aromatic carbocycles. The molecule has 0 spiro atoms. The van der Waals surface area contributed by atoms with Crippen LogP contribution < -0.4 is 16.1 Å². The van der Waals surface area contributed by atoms with Gasteiger partial charge in [0.15, 0.2) is 17.1 Å². The minimum Gasteiger partial charge on any atom is -0.503 e. The Hall–Kier alpha value is -5.00. The lowest BCUT2D eigenvalue weighted by atomic mass is 10.1. The molecule has 0 saturated heterocycles. The van der Waals surface area contributed by atoms with Crippen molar-refractivity contribution in [2.24, 2.45) is 0 Å². The highest BCUT2D eigenvalue weighted by atomic mass is 16.3. The molecule has 0 bridgehead atoms. The van der Waals surface area contributed by atoms with Crippen molar-refractivity contribution in [1.29, 1.82) is 0 Å². The molecule has 1 atom stereocenters. The first-order chi connectivity index (χ1) is 20.2. The van der Waals surface area contributed by atoms with Crippen LogP contribution in [-0.2, 0) is 17.9 Å². The van der Waals surface area contributed by atoms with E-state index in [0.29, 0.717) is 41.4 Å². The number of amides is 3. The van der Waals surface area contributed by atoms with Crippen molar-refractivity contribution in [3.8, 4) is 5.75 Å². The van der Waals surface area contributed by atoms with E-state index in [1.165, 1.54) is 12.3 Å². The normalized spacial score (nSPS) is 15.5. The van der Waals surface area contributed by atoms with E-state index < -0.39 is 34.9 Å². The third kappa shape index (κ3) is 5.00. The zero-order valence-corrected chi connectivity index (χ0v) is 23.3. The summed E-state index contributed by atoms with van der Waals surface area (Å²) in [7, 11) is 0. The third-order valence-corrected chi connectivity index (χ3v) is 7.78. The summed E-state index contributed by atoms with van der Waals surface area (Å²) in [5.41, 5.74) is 2.18. The number of H-pyrrole nitrogens is 1. The van der Waals surface area contributed by atoms with E-state index in [0.717, 1.165) is 18.5 Å². The van der Waals surface area contributed by atoms with Crippen LogP contribution >= 0.6 is 0 Å². The zero-order valence-electron chi connectivity index (χ0n) is 23.3. The van der Waals surface area contributed by atoms with Crippen molar-refractivity contribution in [2.45, 2.75) is 57.8 Å². The number of hydrogen-bond acceptors (Lipinski definition) is 7. The number of hydrogen-bond donors (Lipinski definition) is 4. The number of aromatic nitrogens is 4. The van der Waals surface area contributed by atoms with E-state index in [1.54, 1.807) is 39.9 Å². The Kier molecular flexibility index (Phi) is 6.97. The molecule has 42 heavy (non-hydrogen) atoms. The van der Waals surface area contributed by atoms with Crippen LogP contribution in [0.15, 0.2) is 53.6 Å². The fourth-order valence-electron chi connectivity index (χ4n) is 5.33. The topological polar surface area (TPSA) is 162 Å². The Bertz CT molecular complexity index is 1760. The van der Waals surface area contributed by atoms with E-state index >= 15 is 0 Å². The monoisotopic (exact) mass is 569 g/mol. The highest BCUT2D eigenvalue weighted by Crippen LogP contribution is 2.39. The van der Waals surface area contributed by atoms with Gasteiger partial charge in [0, 0.05) is 43.0 Å². The van der Waals surface area contributed by atoms with Crippen molar-refractivity contribution < 1.29 is 19.5 Å². The first-order valence-electron chi connectivity index (χ1n) is 14.0. The van der Waals surface area contributed by atoms with E-state index in [1.807, 2.05) is 19.9 Å². The number of nitrogens with zero attached hydrogens (tertiary/aromatic N) is 4. The van der Waals surface area contributed by atoms with Crippen molar-refractivity contribution in [2.75, 3.05) is 6.54 Å². The Balaban J connectivity index is 1.26. The minimum absolute atomic E-state index is 0.0920. The number of rotatable bonds is 8. The van der Waals surface area contributed by atoms with Gasteiger partial charge in [-0.3, -0.25) is 19.2 Å². The Morgan fingerprint density at radius 1 is 1.14 bits per heavy atom. The van der Waals surface area contributed by atoms with Crippen LogP contribution in [-0.4, -0.2) is 59.8 Å². The van der Waals surface area contributed by atoms with Crippen LogP contribution in [0.3, 0.4) is 0 Å². The van der Waals surface area contributed by atoms with E-state index in [4.69, 9.17) is 0 Å².